The zero-order valence-corrected chi connectivity index (χ0v) is 5.84. The van der Waals surface area contributed by atoms with Crippen LogP contribution in [0.4, 0.5) is 0 Å². The van der Waals surface area contributed by atoms with Gasteiger partial charge in [-0.2, -0.15) is 0 Å². The Morgan fingerprint density at radius 2 is 2.00 bits per heavy atom. The van der Waals surface area contributed by atoms with E-state index in [1.54, 1.807) is 18.2 Å². The van der Waals surface area contributed by atoms with Crippen LogP contribution in [-0.4, -0.2) is 9.66 Å². The molecule has 0 radical (unpaired) electrons. The lowest BCUT2D eigenvalue weighted by Gasteiger charge is -1.99. The predicted molar refractivity (Wildman–Crippen MR) is 39.0 cm³/mol. The zero-order valence-electron chi connectivity index (χ0n) is 5.02. The SMILES string of the molecule is OSOc1ccccc1O. The minimum atomic E-state index is 0.0176. The third-order valence-electron chi connectivity index (χ3n) is 0.992. The van der Waals surface area contributed by atoms with Crippen molar-refractivity contribution in [1.29, 1.82) is 0 Å². The standard InChI is InChI=1S/C6H6O3S/c7-5-3-1-2-4-6(5)9-10-8/h1-4,7-8H. The first-order chi connectivity index (χ1) is 4.84. The number of hydrogen-bond acceptors (Lipinski definition) is 4. The maximum atomic E-state index is 8.99. The number of aromatic hydroxyl groups is 1. The van der Waals surface area contributed by atoms with Crippen LogP contribution in [0, 0.1) is 0 Å². The minimum Gasteiger partial charge on any atom is -0.504 e. The molecule has 1 rings (SSSR count). The second-order valence-electron chi connectivity index (χ2n) is 1.63. The highest BCUT2D eigenvalue weighted by molar-refractivity contribution is 7.89. The Labute approximate surface area is 62.7 Å². The van der Waals surface area contributed by atoms with Crippen molar-refractivity contribution in [2.24, 2.45) is 0 Å². The third kappa shape index (κ3) is 1.55. The lowest BCUT2D eigenvalue weighted by molar-refractivity contribution is 0.441. The molecule has 3 nitrogen and oxygen atoms in total. The molecule has 1 aromatic rings. The molecular weight excluding hydrogens is 152 g/mol. The van der Waals surface area contributed by atoms with Crippen molar-refractivity contribution >= 4 is 12.3 Å². The molecule has 1 aromatic carbocycles. The molecule has 0 bridgehead atoms. The molecular formula is C6H6O3S. The average Bonchev–Trinajstić information content (AvgIpc) is 1.94. The molecule has 2 N–H and O–H groups in total. The van der Waals surface area contributed by atoms with E-state index in [-0.39, 0.29) is 23.8 Å². The molecule has 0 aliphatic heterocycles. The van der Waals surface area contributed by atoms with Crippen LogP contribution in [0.1, 0.15) is 0 Å². The van der Waals surface area contributed by atoms with E-state index in [0.717, 1.165) is 0 Å². The Bertz CT molecular complexity index is 214. The van der Waals surface area contributed by atoms with Gasteiger partial charge in [-0.05, 0) is 12.1 Å². The van der Waals surface area contributed by atoms with Gasteiger partial charge in [0.2, 0.25) is 12.3 Å². The molecule has 0 aliphatic carbocycles. The average molecular weight is 158 g/mol. The molecule has 0 unspecified atom stereocenters. The third-order valence-corrected chi connectivity index (χ3v) is 1.25. The Hall–Kier alpha value is -0.870. The molecule has 0 fully saturated rings. The predicted octanol–water partition coefficient (Wildman–Crippen LogP) is 1.89. The summed E-state index contributed by atoms with van der Waals surface area (Å²) in [5.41, 5.74) is 0. The van der Waals surface area contributed by atoms with Crippen LogP contribution < -0.4 is 4.18 Å². The molecule has 54 valence electrons. The summed E-state index contributed by atoms with van der Waals surface area (Å²) in [5.74, 6) is 0.277. The van der Waals surface area contributed by atoms with Crippen LogP contribution in [0.3, 0.4) is 0 Å². The molecule has 0 heterocycles. The summed E-state index contributed by atoms with van der Waals surface area (Å²) < 4.78 is 12.8. The van der Waals surface area contributed by atoms with Crippen LogP contribution >= 0.6 is 12.3 Å². The highest BCUT2D eigenvalue weighted by Crippen LogP contribution is 2.26. The minimum absolute atomic E-state index is 0.0176. The van der Waals surface area contributed by atoms with Crippen molar-refractivity contribution < 1.29 is 13.8 Å². The van der Waals surface area contributed by atoms with Crippen LogP contribution in [0.25, 0.3) is 0 Å². The van der Waals surface area contributed by atoms with E-state index >= 15 is 0 Å². The smallest absolute Gasteiger partial charge is 0.222 e. The van der Waals surface area contributed by atoms with Crippen molar-refractivity contribution in [1.82, 2.24) is 0 Å². The second-order valence-corrected chi connectivity index (χ2v) is 1.94. The van der Waals surface area contributed by atoms with E-state index in [1.807, 2.05) is 0 Å². The summed E-state index contributed by atoms with van der Waals surface area (Å²) in [4.78, 5) is 0. The molecule has 4 heteroatoms. The summed E-state index contributed by atoms with van der Waals surface area (Å²) in [6.07, 6.45) is 0. The lowest BCUT2D eigenvalue weighted by Crippen LogP contribution is -1.78. The van der Waals surface area contributed by atoms with E-state index in [4.69, 9.17) is 9.66 Å². The van der Waals surface area contributed by atoms with Gasteiger partial charge in [0.1, 0.15) is 0 Å². The topological polar surface area (TPSA) is 49.7 Å². The van der Waals surface area contributed by atoms with Gasteiger partial charge in [-0.1, -0.05) is 12.1 Å². The van der Waals surface area contributed by atoms with Gasteiger partial charge in [0.25, 0.3) is 0 Å². The number of rotatable bonds is 2. The maximum Gasteiger partial charge on any atom is 0.222 e. The molecule has 0 aromatic heterocycles. The first kappa shape index (κ1) is 7.24. The Kier molecular flexibility index (Phi) is 2.42. The number of phenolic OH excluding ortho intramolecular Hbond substituents is 1. The van der Waals surface area contributed by atoms with E-state index < -0.39 is 0 Å². The molecule has 0 aliphatic rings. The molecule has 10 heavy (non-hydrogen) atoms. The Morgan fingerprint density at radius 3 is 2.60 bits per heavy atom. The van der Waals surface area contributed by atoms with Crippen molar-refractivity contribution in [3.05, 3.63) is 24.3 Å². The largest absolute Gasteiger partial charge is 0.504 e. The summed E-state index contributed by atoms with van der Waals surface area (Å²) in [7, 11) is 0. The van der Waals surface area contributed by atoms with Crippen LogP contribution in [-0.2, 0) is 0 Å². The molecule has 0 saturated carbocycles. The fourth-order valence-electron chi connectivity index (χ4n) is 0.568. The van der Waals surface area contributed by atoms with Crippen LogP contribution in [0.15, 0.2) is 24.3 Å². The zero-order chi connectivity index (χ0) is 7.40. The van der Waals surface area contributed by atoms with Gasteiger partial charge in [-0.25, -0.2) is 0 Å². The summed E-state index contributed by atoms with van der Waals surface area (Å²) in [6, 6.07) is 6.40. The fraction of sp³-hybridized carbons (Fsp3) is 0. The second kappa shape index (κ2) is 3.34. The van der Waals surface area contributed by atoms with Crippen molar-refractivity contribution in [2.45, 2.75) is 0 Å². The van der Waals surface area contributed by atoms with Crippen molar-refractivity contribution in [2.75, 3.05) is 0 Å². The molecule has 0 amide bonds. The fourth-order valence-corrected chi connectivity index (χ4v) is 0.789. The van der Waals surface area contributed by atoms with E-state index in [0.29, 0.717) is 0 Å². The van der Waals surface area contributed by atoms with Gasteiger partial charge in [0.15, 0.2) is 11.5 Å². The van der Waals surface area contributed by atoms with Gasteiger partial charge < -0.3 is 9.29 Å². The van der Waals surface area contributed by atoms with Gasteiger partial charge in [0.05, 0.1) is 0 Å². The van der Waals surface area contributed by atoms with Gasteiger partial charge in [0, 0.05) is 0 Å². The number of hydrogen-bond donors (Lipinski definition) is 2. The monoisotopic (exact) mass is 158 g/mol. The first-order valence-electron chi connectivity index (χ1n) is 2.60. The Balaban J connectivity index is 2.81. The van der Waals surface area contributed by atoms with Gasteiger partial charge in [-0.3, -0.25) is 4.55 Å². The summed E-state index contributed by atoms with van der Waals surface area (Å²) in [6.45, 7) is 0. The van der Waals surface area contributed by atoms with E-state index in [2.05, 4.69) is 4.18 Å². The molecule has 0 atom stereocenters. The van der Waals surface area contributed by atoms with E-state index in [9.17, 15) is 0 Å². The van der Waals surface area contributed by atoms with Gasteiger partial charge in [-0.15, -0.1) is 0 Å². The highest BCUT2D eigenvalue weighted by Gasteiger charge is 1.98. The van der Waals surface area contributed by atoms with Crippen molar-refractivity contribution in [3.63, 3.8) is 0 Å². The normalized spacial score (nSPS) is 9.30. The highest BCUT2D eigenvalue weighted by atomic mass is 32.2. The number of benzene rings is 1. The summed E-state index contributed by atoms with van der Waals surface area (Å²) in [5, 5.41) is 8.99. The first-order valence-corrected chi connectivity index (χ1v) is 3.30. The number of phenols is 1. The Morgan fingerprint density at radius 1 is 1.30 bits per heavy atom. The molecule has 0 saturated heterocycles. The van der Waals surface area contributed by atoms with E-state index in [1.165, 1.54) is 6.07 Å². The quantitative estimate of drug-likeness (QED) is 0.645. The van der Waals surface area contributed by atoms with Crippen LogP contribution in [0.5, 0.6) is 11.5 Å². The number of para-hydroxylation sites is 2. The van der Waals surface area contributed by atoms with Crippen molar-refractivity contribution in [3.8, 4) is 11.5 Å². The van der Waals surface area contributed by atoms with Crippen LogP contribution in [0.2, 0.25) is 0 Å². The molecule has 0 spiro atoms. The lowest BCUT2D eigenvalue weighted by atomic mass is 10.3. The van der Waals surface area contributed by atoms with Gasteiger partial charge >= 0.3 is 0 Å². The summed E-state index contributed by atoms with van der Waals surface area (Å²) >= 11 is 0.209. The maximum absolute atomic E-state index is 8.99.